The van der Waals surface area contributed by atoms with Gasteiger partial charge in [-0.1, -0.05) is 6.92 Å². The molecule has 0 aromatic heterocycles. The van der Waals surface area contributed by atoms with E-state index in [1.165, 1.54) is 58.3 Å². The fraction of sp³-hybridized carbons (Fsp3) is 1.00. The van der Waals surface area contributed by atoms with Gasteiger partial charge in [0.15, 0.2) is 0 Å². The smallest absolute Gasteiger partial charge is 0.00694 e. The molecule has 0 aliphatic carbocycles. The van der Waals surface area contributed by atoms with Crippen molar-refractivity contribution in [1.82, 2.24) is 10.2 Å². The minimum absolute atomic E-state index is 0.820. The van der Waals surface area contributed by atoms with E-state index in [4.69, 9.17) is 0 Å². The average molecular weight is 224 g/mol. The second kappa shape index (κ2) is 6.02. The molecule has 16 heavy (non-hydrogen) atoms. The van der Waals surface area contributed by atoms with Crippen LogP contribution in [-0.2, 0) is 0 Å². The highest BCUT2D eigenvalue weighted by Gasteiger charge is 2.23. The van der Waals surface area contributed by atoms with Crippen LogP contribution in [0.4, 0.5) is 0 Å². The van der Waals surface area contributed by atoms with E-state index in [-0.39, 0.29) is 0 Å². The second-order valence-corrected chi connectivity index (χ2v) is 6.02. The lowest BCUT2D eigenvalue weighted by molar-refractivity contribution is 0.119. The Balaban J connectivity index is 1.68. The summed E-state index contributed by atoms with van der Waals surface area (Å²) in [7, 11) is 0. The summed E-state index contributed by atoms with van der Waals surface area (Å²) in [5.41, 5.74) is 0. The summed E-state index contributed by atoms with van der Waals surface area (Å²) in [6, 6.07) is 0.820. The lowest BCUT2D eigenvalue weighted by atomic mass is 9.91. The number of nitrogens with one attached hydrogen (secondary N) is 1. The van der Waals surface area contributed by atoms with Gasteiger partial charge in [0.05, 0.1) is 0 Å². The van der Waals surface area contributed by atoms with Gasteiger partial charge in [-0.15, -0.1) is 0 Å². The van der Waals surface area contributed by atoms with E-state index in [0.29, 0.717) is 0 Å². The first-order valence-corrected chi connectivity index (χ1v) is 7.20. The number of hydrogen-bond donors (Lipinski definition) is 1. The lowest BCUT2D eigenvalue weighted by Crippen LogP contribution is -2.42. The largest absolute Gasteiger partial charge is 0.316 e. The van der Waals surface area contributed by atoms with Gasteiger partial charge in [-0.3, -0.25) is 0 Å². The summed E-state index contributed by atoms with van der Waals surface area (Å²) in [6.07, 6.45) is 7.06. The summed E-state index contributed by atoms with van der Waals surface area (Å²) < 4.78 is 0. The number of rotatable bonds is 3. The van der Waals surface area contributed by atoms with E-state index >= 15 is 0 Å². The van der Waals surface area contributed by atoms with Crippen LogP contribution < -0.4 is 5.32 Å². The predicted molar refractivity (Wildman–Crippen MR) is 69.6 cm³/mol. The van der Waals surface area contributed by atoms with Crippen LogP contribution in [0.25, 0.3) is 0 Å². The summed E-state index contributed by atoms with van der Waals surface area (Å²) in [5, 5.41) is 3.52. The Bertz CT molecular complexity index is 199. The fourth-order valence-corrected chi connectivity index (χ4v) is 3.31. The van der Waals surface area contributed by atoms with Gasteiger partial charge in [0, 0.05) is 6.04 Å². The van der Waals surface area contributed by atoms with Crippen LogP contribution in [0.1, 0.15) is 46.0 Å². The van der Waals surface area contributed by atoms with Crippen molar-refractivity contribution < 1.29 is 0 Å². The summed E-state index contributed by atoms with van der Waals surface area (Å²) >= 11 is 0. The molecular weight excluding hydrogens is 196 g/mol. The molecule has 2 aliphatic heterocycles. The molecule has 0 amide bonds. The number of likely N-dealkylation sites (tertiary alicyclic amines) is 1. The molecule has 2 nitrogen and oxygen atoms in total. The first-order valence-electron chi connectivity index (χ1n) is 7.20. The maximum atomic E-state index is 3.52. The third-order valence-corrected chi connectivity index (χ3v) is 4.50. The van der Waals surface area contributed by atoms with Crippen LogP contribution >= 0.6 is 0 Å². The van der Waals surface area contributed by atoms with Crippen LogP contribution in [0.3, 0.4) is 0 Å². The summed E-state index contributed by atoms with van der Waals surface area (Å²) in [4.78, 5) is 2.72. The topological polar surface area (TPSA) is 15.3 Å². The van der Waals surface area contributed by atoms with E-state index < -0.39 is 0 Å². The van der Waals surface area contributed by atoms with Gasteiger partial charge in [0.2, 0.25) is 0 Å². The quantitative estimate of drug-likeness (QED) is 0.792. The van der Waals surface area contributed by atoms with E-state index in [2.05, 4.69) is 24.1 Å². The first kappa shape index (κ1) is 12.4. The monoisotopic (exact) mass is 224 g/mol. The van der Waals surface area contributed by atoms with Gasteiger partial charge in [0.25, 0.3) is 0 Å². The van der Waals surface area contributed by atoms with Crippen molar-refractivity contribution in [2.45, 2.75) is 52.0 Å². The minimum Gasteiger partial charge on any atom is -0.316 e. The Morgan fingerprint density at radius 3 is 2.81 bits per heavy atom. The molecule has 0 bridgehead atoms. The van der Waals surface area contributed by atoms with Crippen molar-refractivity contribution in [3.05, 3.63) is 0 Å². The lowest BCUT2D eigenvalue weighted by Gasteiger charge is -2.37. The molecule has 2 heteroatoms. The molecular formula is C14H28N2. The molecule has 0 spiro atoms. The Morgan fingerprint density at radius 2 is 2.12 bits per heavy atom. The molecule has 3 atom stereocenters. The van der Waals surface area contributed by atoms with Gasteiger partial charge >= 0.3 is 0 Å². The SMILES string of the molecule is CC1CCN(CCC2CCCNC2)C(C)C1. The fourth-order valence-electron chi connectivity index (χ4n) is 3.31. The molecule has 0 saturated carbocycles. The number of piperidine rings is 2. The normalized spacial score (nSPS) is 37.5. The Hall–Kier alpha value is -0.0800. The van der Waals surface area contributed by atoms with Gasteiger partial charge in [-0.2, -0.15) is 0 Å². The van der Waals surface area contributed by atoms with E-state index in [1.807, 2.05) is 0 Å². The zero-order valence-corrected chi connectivity index (χ0v) is 11.0. The van der Waals surface area contributed by atoms with Crippen molar-refractivity contribution in [3.8, 4) is 0 Å². The van der Waals surface area contributed by atoms with Crippen LogP contribution in [0, 0.1) is 11.8 Å². The van der Waals surface area contributed by atoms with E-state index in [0.717, 1.165) is 17.9 Å². The maximum Gasteiger partial charge on any atom is 0.00694 e. The maximum absolute atomic E-state index is 3.52. The molecule has 2 heterocycles. The molecule has 2 rings (SSSR count). The number of nitrogens with zero attached hydrogens (tertiary/aromatic N) is 1. The van der Waals surface area contributed by atoms with Gasteiger partial charge < -0.3 is 10.2 Å². The van der Waals surface area contributed by atoms with Crippen LogP contribution in [0.5, 0.6) is 0 Å². The zero-order chi connectivity index (χ0) is 11.4. The molecule has 2 fully saturated rings. The average Bonchev–Trinajstić information content (AvgIpc) is 2.29. The standard InChI is InChI=1S/C14H28N2/c1-12-5-8-16(13(2)10-12)9-6-14-4-3-7-15-11-14/h12-15H,3-11H2,1-2H3. The highest BCUT2D eigenvalue weighted by Crippen LogP contribution is 2.23. The Kier molecular flexibility index (Phi) is 4.66. The Morgan fingerprint density at radius 1 is 1.25 bits per heavy atom. The third kappa shape index (κ3) is 3.46. The highest BCUT2D eigenvalue weighted by molar-refractivity contribution is 4.78. The summed E-state index contributed by atoms with van der Waals surface area (Å²) in [6.45, 7) is 9.99. The van der Waals surface area contributed by atoms with Crippen molar-refractivity contribution in [2.75, 3.05) is 26.2 Å². The van der Waals surface area contributed by atoms with Gasteiger partial charge in [-0.25, -0.2) is 0 Å². The second-order valence-electron chi connectivity index (χ2n) is 6.02. The predicted octanol–water partition coefficient (Wildman–Crippen LogP) is 2.50. The Labute approximate surface area is 101 Å². The van der Waals surface area contributed by atoms with E-state index in [1.54, 1.807) is 0 Å². The van der Waals surface area contributed by atoms with Gasteiger partial charge in [0.1, 0.15) is 0 Å². The van der Waals surface area contributed by atoms with Crippen molar-refractivity contribution in [1.29, 1.82) is 0 Å². The molecule has 0 radical (unpaired) electrons. The first-order chi connectivity index (χ1) is 7.75. The molecule has 2 saturated heterocycles. The third-order valence-electron chi connectivity index (χ3n) is 4.50. The van der Waals surface area contributed by atoms with Crippen LogP contribution in [0.2, 0.25) is 0 Å². The minimum atomic E-state index is 0.820. The van der Waals surface area contributed by atoms with E-state index in [9.17, 15) is 0 Å². The van der Waals surface area contributed by atoms with Crippen molar-refractivity contribution in [2.24, 2.45) is 11.8 Å². The van der Waals surface area contributed by atoms with Crippen LogP contribution in [-0.4, -0.2) is 37.1 Å². The molecule has 1 N–H and O–H groups in total. The number of hydrogen-bond acceptors (Lipinski definition) is 2. The molecule has 0 aromatic rings. The zero-order valence-electron chi connectivity index (χ0n) is 11.0. The molecule has 94 valence electrons. The van der Waals surface area contributed by atoms with Crippen molar-refractivity contribution >= 4 is 0 Å². The van der Waals surface area contributed by atoms with Gasteiger partial charge in [-0.05, 0) is 77.0 Å². The summed E-state index contributed by atoms with van der Waals surface area (Å²) in [5.74, 6) is 1.89. The molecule has 2 aliphatic rings. The molecule has 0 aromatic carbocycles. The van der Waals surface area contributed by atoms with Crippen molar-refractivity contribution in [3.63, 3.8) is 0 Å². The molecule has 3 unspecified atom stereocenters. The highest BCUT2D eigenvalue weighted by atomic mass is 15.2. The van der Waals surface area contributed by atoms with Crippen LogP contribution in [0.15, 0.2) is 0 Å².